The van der Waals surface area contributed by atoms with Crippen LogP contribution in [0.4, 0.5) is 5.82 Å². The summed E-state index contributed by atoms with van der Waals surface area (Å²) in [5.74, 6) is -1.33. The zero-order chi connectivity index (χ0) is 13.8. The molecule has 0 aliphatic rings. The van der Waals surface area contributed by atoms with Crippen LogP contribution in [0.2, 0.25) is 5.02 Å². The second kappa shape index (κ2) is 5.49. The number of carbonyl (C=O) groups excluding carboxylic acids is 1. The Hall–Kier alpha value is -2.41. The van der Waals surface area contributed by atoms with Gasteiger partial charge in [0.05, 0.1) is 16.8 Å². The number of amides is 1. The van der Waals surface area contributed by atoms with Crippen LogP contribution in [-0.2, 0) is 11.3 Å². The first-order valence-electron chi connectivity index (χ1n) is 5.24. The second-order valence-electron chi connectivity index (χ2n) is 3.63. The summed E-state index contributed by atoms with van der Waals surface area (Å²) in [6, 6.07) is 6.56. The molecule has 1 heterocycles. The molecule has 0 saturated carbocycles. The fraction of sp³-hybridized carbons (Fsp3) is 0.0909. The molecule has 0 saturated heterocycles. The van der Waals surface area contributed by atoms with Crippen molar-refractivity contribution in [1.29, 1.82) is 0 Å². The highest BCUT2D eigenvalue weighted by molar-refractivity contribution is 6.34. The van der Waals surface area contributed by atoms with Crippen molar-refractivity contribution in [2.24, 2.45) is 0 Å². The largest absolute Gasteiger partial charge is 0.480 e. The molecule has 0 bridgehead atoms. The summed E-state index contributed by atoms with van der Waals surface area (Å²) < 4.78 is 1.10. The molecule has 1 amide bonds. The highest BCUT2D eigenvalue weighted by Crippen LogP contribution is 2.16. The van der Waals surface area contributed by atoms with Gasteiger partial charge in [-0.15, -0.1) is 5.10 Å². The number of rotatable bonds is 4. The fourth-order valence-corrected chi connectivity index (χ4v) is 1.62. The summed E-state index contributed by atoms with van der Waals surface area (Å²) in [4.78, 5) is 22.4. The van der Waals surface area contributed by atoms with Gasteiger partial charge in [-0.3, -0.25) is 9.59 Å². The van der Waals surface area contributed by atoms with Crippen molar-refractivity contribution in [3.63, 3.8) is 0 Å². The van der Waals surface area contributed by atoms with Crippen LogP contribution in [0, 0.1) is 0 Å². The third kappa shape index (κ3) is 3.29. The van der Waals surface area contributed by atoms with E-state index in [1.165, 1.54) is 6.20 Å². The molecule has 0 atom stereocenters. The molecule has 0 spiro atoms. The third-order valence-electron chi connectivity index (χ3n) is 2.20. The molecule has 2 rings (SSSR count). The lowest BCUT2D eigenvalue weighted by molar-refractivity contribution is -0.137. The summed E-state index contributed by atoms with van der Waals surface area (Å²) >= 11 is 5.88. The highest BCUT2D eigenvalue weighted by Gasteiger charge is 2.12. The van der Waals surface area contributed by atoms with Crippen molar-refractivity contribution in [2.75, 3.05) is 5.32 Å². The minimum absolute atomic E-state index is 0.158. The molecule has 8 heteroatoms. The number of aromatic nitrogens is 3. The minimum Gasteiger partial charge on any atom is -0.480 e. The molecule has 7 nitrogen and oxygen atoms in total. The average Bonchev–Trinajstić information content (AvgIpc) is 2.76. The van der Waals surface area contributed by atoms with Gasteiger partial charge >= 0.3 is 5.97 Å². The maximum Gasteiger partial charge on any atom is 0.325 e. The van der Waals surface area contributed by atoms with Crippen LogP contribution in [-0.4, -0.2) is 32.0 Å². The smallest absolute Gasteiger partial charge is 0.325 e. The molecular formula is C11H9ClN4O3. The van der Waals surface area contributed by atoms with Gasteiger partial charge < -0.3 is 10.4 Å². The van der Waals surface area contributed by atoms with Gasteiger partial charge in [0.2, 0.25) is 0 Å². The van der Waals surface area contributed by atoms with Gasteiger partial charge in [-0.2, -0.15) is 0 Å². The molecule has 0 aliphatic heterocycles. The van der Waals surface area contributed by atoms with Crippen LogP contribution >= 0.6 is 11.6 Å². The first-order chi connectivity index (χ1) is 9.06. The third-order valence-corrected chi connectivity index (χ3v) is 2.53. The quantitative estimate of drug-likeness (QED) is 0.879. The standard InChI is InChI=1S/C11H9ClN4O3/c12-8-4-2-1-3-7(8)11(19)13-9-5-16(15-14-9)6-10(17)18/h1-5H,6H2,(H,13,19)(H,17,18). The zero-order valence-electron chi connectivity index (χ0n) is 9.58. The summed E-state index contributed by atoms with van der Waals surface area (Å²) in [5.41, 5.74) is 0.303. The van der Waals surface area contributed by atoms with Gasteiger partial charge in [-0.1, -0.05) is 28.9 Å². The number of carboxylic acid groups (broad SMARTS) is 1. The average molecular weight is 281 g/mol. The molecule has 1 aromatic carbocycles. The van der Waals surface area contributed by atoms with E-state index in [-0.39, 0.29) is 12.4 Å². The summed E-state index contributed by atoms with van der Waals surface area (Å²) in [5, 5.41) is 18.6. The van der Waals surface area contributed by atoms with Crippen molar-refractivity contribution >= 4 is 29.3 Å². The van der Waals surface area contributed by atoms with Crippen molar-refractivity contribution in [2.45, 2.75) is 6.54 Å². The maximum atomic E-state index is 11.9. The molecule has 98 valence electrons. The molecule has 0 radical (unpaired) electrons. The number of nitrogens with one attached hydrogen (secondary N) is 1. The first kappa shape index (κ1) is 13.0. The van der Waals surface area contributed by atoms with E-state index in [0.717, 1.165) is 4.68 Å². The van der Waals surface area contributed by atoms with E-state index in [4.69, 9.17) is 16.7 Å². The monoisotopic (exact) mass is 280 g/mol. The van der Waals surface area contributed by atoms with E-state index in [9.17, 15) is 9.59 Å². The van der Waals surface area contributed by atoms with E-state index >= 15 is 0 Å². The SMILES string of the molecule is O=C(O)Cn1cc(NC(=O)c2ccccc2Cl)nn1. The van der Waals surface area contributed by atoms with Crippen LogP contribution in [0.1, 0.15) is 10.4 Å². The van der Waals surface area contributed by atoms with Crippen LogP contribution in [0.15, 0.2) is 30.5 Å². The van der Waals surface area contributed by atoms with E-state index in [2.05, 4.69) is 15.6 Å². The fourth-order valence-electron chi connectivity index (χ4n) is 1.40. The second-order valence-corrected chi connectivity index (χ2v) is 4.04. The van der Waals surface area contributed by atoms with Gasteiger partial charge in [-0.25, -0.2) is 4.68 Å². The van der Waals surface area contributed by atoms with Gasteiger partial charge in [-0.05, 0) is 12.1 Å². The Labute approximate surface area is 112 Å². The predicted octanol–water partition coefficient (Wildman–Crippen LogP) is 1.27. The first-order valence-corrected chi connectivity index (χ1v) is 5.62. The van der Waals surface area contributed by atoms with Crippen molar-refractivity contribution < 1.29 is 14.7 Å². The lowest BCUT2D eigenvalue weighted by atomic mass is 10.2. The molecule has 2 N–H and O–H groups in total. The number of benzene rings is 1. The Morgan fingerprint density at radius 2 is 2.11 bits per heavy atom. The Bertz CT molecular complexity index is 626. The number of hydrogen-bond acceptors (Lipinski definition) is 4. The number of halogens is 1. The molecule has 0 fully saturated rings. The number of carbonyl (C=O) groups is 2. The van der Waals surface area contributed by atoms with Crippen LogP contribution in [0.3, 0.4) is 0 Å². The van der Waals surface area contributed by atoms with Crippen LogP contribution in [0.25, 0.3) is 0 Å². The minimum atomic E-state index is -1.05. The van der Waals surface area contributed by atoms with Crippen molar-refractivity contribution in [3.8, 4) is 0 Å². The number of carboxylic acids is 1. The lowest BCUT2D eigenvalue weighted by Gasteiger charge is -2.02. The molecule has 2 aromatic rings. The lowest BCUT2D eigenvalue weighted by Crippen LogP contribution is -2.12. The van der Waals surface area contributed by atoms with E-state index < -0.39 is 11.9 Å². The zero-order valence-corrected chi connectivity index (χ0v) is 10.3. The van der Waals surface area contributed by atoms with Gasteiger partial charge in [0.15, 0.2) is 5.82 Å². The van der Waals surface area contributed by atoms with Crippen LogP contribution < -0.4 is 5.32 Å². The normalized spacial score (nSPS) is 10.2. The Morgan fingerprint density at radius 3 is 2.79 bits per heavy atom. The molecule has 1 aromatic heterocycles. The number of hydrogen-bond donors (Lipinski definition) is 2. The summed E-state index contributed by atoms with van der Waals surface area (Å²) in [6.45, 7) is -0.324. The molecular weight excluding hydrogens is 272 g/mol. The predicted molar refractivity (Wildman–Crippen MR) is 67.1 cm³/mol. The summed E-state index contributed by atoms with van der Waals surface area (Å²) in [7, 11) is 0. The van der Waals surface area contributed by atoms with Gasteiger partial charge in [0.25, 0.3) is 5.91 Å². The van der Waals surface area contributed by atoms with E-state index in [0.29, 0.717) is 10.6 Å². The Kier molecular flexibility index (Phi) is 3.76. The molecule has 19 heavy (non-hydrogen) atoms. The van der Waals surface area contributed by atoms with Gasteiger partial charge in [0.1, 0.15) is 6.54 Å². The molecule has 0 unspecified atom stereocenters. The Morgan fingerprint density at radius 1 is 1.37 bits per heavy atom. The van der Waals surface area contributed by atoms with Crippen molar-refractivity contribution in [1.82, 2.24) is 15.0 Å². The maximum absolute atomic E-state index is 11.9. The summed E-state index contributed by atoms with van der Waals surface area (Å²) in [6.07, 6.45) is 1.32. The van der Waals surface area contributed by atoms with Crippen molar-refractivity contribution in [3.05, 3.63) is 41.0 Å². The number of nitrogens with zero attached hydrogens (tertiary/aromatic N) is 3. The Balaban J connectivity index is 2.09. The van der Waals surface area contributed by atoms with Gasteiger partial charge in [0, 0.05) is 0 Å². The highest BCUT2D eigenvalue weighted by atomic mass is 35.5. The van der Waals surface area contributed by atoms with Crippen LogP contribution in [0.5, 0.6) is 0 Å². The number of aliphatic carboxylic acids is 1. The molecule has 0 aliphatic carbocycles. The van der Waals surface area contributed by atoms with E-state index in [1.54, 1.807) is 24.3 Å². The topological polar surface area (TPSA) is 97.1 Å². The number of anilines is 1. The van der Waals surface area contributed by atoms with E-state index in [1.807, 2.05) is 0 Å².